The highest BCUT2D eigenvalue weighted by molar-refractivity contribution is 7.98. The van der Waals surface area contributed by atoms with Crippen LogP contribution in [0.2, 0.25) is 0 Å². The van der Waals surface area contributed by atoms with Crippen LogP contribution >= 0.6 is 11.8 Å². The van der Waals surface area contributed by atoms with E-state index in [-0.39, 0.29) is 24.8 Å². The molecule has 1 rings (SSSR count). The van der Waals surface area contributed by atoms with E-state index in [4.69, 9.17) is 4.74 Å². The second-order valence-corrected chi connectivity index (χ2v) is 6.15. The average molecular weight is 368 g/mol. The molecule has 25 heavy (non-hydrogen) atoms. The quantitative estimate of drug-likeness (QED) is 0.603. The Labute approximate surface area is 151 Å². The smallest absolute Gasteiger partial charge is 0.328 e. The maximum absolute atomic E-state index is 12.0. The molecule has 0 aromatic heterocycles. The second kappa shape index (κ2) is 11.4. The molecular weight excluding hydrogens is 344 g/mol. The SMILES string of the molecule is COC(=O)[C@H](CCSC)NC(=O)CCNC(=O)c1cccc(OC)c1. The van der Waals surface area contributed by atoms with Crippen LogP contribution in [0, 0.1) is 0 Å². The molecule has 0 unspecified atom stereocenters. The highest BCUT2D eigenvalue weighted by Gasteiger charge is 2.20. The maximum atomic E-state index is 12.0. The van der Waals surface area contributed by atoms with Gasteiger partial charge in [-0.1, -0.05) is 6.07 Å². The topological polar surface area (TPSA) is 93.7 Å². The fourth-order valence-corrected chi connectivity index (χ4v) is 2.52. The van der Waals surface area contributed by atoms with Crippen molar-refractivity contribution in [1.29, 1.82) is 0 Å². The molecule has 0 spiro atoms. The van der Waals surface area contributed by atoms with Crippen LogP contribution in [0.1, 0.15) is 23.2 Å². The van der Waals surface area contributed by atoms with Gasteiger partial charge in [0.25, 0.3) is 5.91 Å². The first-order chi connectivity index (χ1) is 12.0. The fourth-order valence-electron chi connectivity index (χ4n) is 2.05. The molecule has 0 radical (unpaired) electrons. The van der Waals surface area contributed by atoms with Crippen LogP contribution in [0.3, 0.4) is 0 Å². The van der Waals surface area contributed by atoms with Gasteiger partial charge in [0.2, 0.25) is 5.91 Å². The highest BCUT2D eigenvalue weighted by atomic mass is 32.2. The number of hydrogen-bond donors (Lipinski definition) is 2. The molecule has 0 bridgehead atoms. The number of hydrogen-bond acceptors (Lipinski definition) is 6. The van der Waals surface area contributed by atoms with Crippen LogP contribution in [0.4, 0.5) is 0 Å². The molecule has 7 nitrogen and oxygen atoms in total. The highest BCUT2D eigenvalue weighted by Crippen LogP contribution is 2.12. The Bertz CT molecular complexity index is 594. The van der Waals surface area contributed by atoms with Crippen molar-refractivity contribution in [2.24, 2.45) is 0 Å². The van der Waals surface area contributed by atoms with Crippen LogP contribution < -0.4 is 15.4 Å². The summed E-state index contributed by atoms with van der Waals surface area (Å²) >= 11 is 1.58. The third kappa shape index (κ3) is 7.47. The number of amides is 2. The number of benzene rings is 1. The lowest BCUT2D eigenvalue weighted by molar-refractivity contribution is -0.145. The Morgan fingerprint density at radius 2 is 2.00 bits per heavy atom. The summed E-state index contributed by atoms with van der Waals surface area (Å²) < 4.78 is 9.76. The molecule has 0 aliphatic heterocycles. The third-order valence-corrected chi connectivity index (χ3v) is 4.05. The molecule has 1 atom stereocenters. The number of thioether (sulfide) groups is 1. The number of nitrogens with one attached hydrogen (secondary N) is 2. The van der Waals surface area contributed by atoms with E-state index < -0.39 is 12.0 Å². The van der Waals surface area contributed by atoms with E-state index >= 15 is 0 Å². The van der Waals surface area contributed by atoms with Gasteiger partial charge in [-0.25, -0.2) is 4.79 Å². The molecule has 2 N–H and O–H groups in total. The molecule has 0 aliphatic rings. The van der Waals surface area contributed by atoms with Crippen molar-refractivity contribution in [2.75, 3.05) is 32.8 Å². The van der Waals surface area contributed by atoms with Crippen molar-refractivity contribution in [2.45, 2.75) is 18.9 Å². The summed E-state index contributed by atoms with van der Waals surface area (Å²) in [6.45, 7) is 0.165. The molecule has 1 aromatic rings. The summed E-state index contributed by atoms with van der Waals surface area (Å²) in [4.78, 5) is 35.6. The number of methoxy groups -OCH3 is 2. The molecule has 1 aromatic carbocycles. The van der Waals surface area contributed by atoms with Gasteiger partial charge in [0.05, 0.1) is 14.2 Å². The number of carbonyl (C=O) groups excluding carboxylic acids is 3. The van der Waals surface area contributed by atoms with Crippen molar-refractivity contribution in [3.05, 3.63) is 29.8 Å². The van der Waals surface area contributed by atoms with E-state index in [1.807, 2.05) is 6.26 Å². The summed E-state index contributed by atoms with van der Waals surface area (Å²) in [5.41, 5.74) is 0.451. The monoisotopic (exact) mass is 368 g/mol. The summed E-state index contributed by atoms with van der Waals surface area (Å²) in [7, 11) is 2.81. The lowest BCUT2D eigenvalue weighted by Gasteiger charge is -2.16. The zero-order valence-corrected chi connectivity index (χ0v) is 15.5. The maximum Gasteiger partial charge on any atom is 0.328 e. The van der Waals surface area contributed by atoms with E-state index in [0.29, 0.717) is 17.7 Å². The van der Waals surface area contributed by atoms with E-state index in [1.54, 1.807) is 36.0 Å². The Balaban J connectivity index is 2.44. The molecular formula is C17H24N2O5S. The molecule has 8 heteroatoms. The van der Waals surface area contributed by atoms with Crippen LogP contribution in [-0.4, -0.2) is 56.6 Å². The van der Waals surface area contributed by atoms with E-state index in [9.17, 15) is 14.4 Å². The van der Waals surface area contributed by atoms with Gasteiger partial charge < -0.3 is 20.1 Å². The second-order valence-electron chi connectivity index (χ2n) is 5.16. The van der Waals surface area contributed by atoms with Crippen molar-refractivity contribution < 1.29 is 23.9 Å². The van der Waals surface area contributed by atoms with Crippen LogP contribution in [0.5, 0.6) is 5.75 Å². The Kier molecular flexibility index (Phi) is 9.46. The van der Waals surface area contributed by atoms with Gasteiger partial charge in [-0.3, -0.25) is 9.59 Å². The molecule has 2 amide bonds. The molecule has 138 valence electrons. The predicted octanol–water partition coefficient (Wildman–Crippen LogP) is 1.23. The van der Waals surface area contributed by atoms with E-state index in [0.717, 1.165) is 5.75 Å². The van der Waals surface area contributed by atoms with Crippen LogP contribution in [0.25, 0.3) is 0 Å². The Hall–Kier alpha value is -2.22. The number of rotatable bonds is 10. The first-order valence-corrected chi connectivity index (χ1v) is 9.19. The van der Waals surface area contributed by atoms with Crippen molar-refractivity contribution in [3.8, 4) is 5.75 Å². The normalized spacial score (nSPS) is 11.3. The first-order valence-electron chi connectivity index (χ1n) is 7.80. The Morgan fingerprint density at radius 1 is 1.24 bits per heavy atom. The number of esters is 1. The van der Waals surface area contributed by atoms with E-state index in [1.165, 1.54) is 14.2 Å². The standard InChI is InChI=1S/C17H24N2O5S/c1-23-13-6-4-5-12(11-13)16(21)18-9-7-15(20)19-14(8-10-25-3)17(22)24-2/h4-6,11,14H,7-10H2,1-3H3,(H,18,21)(H,19,20)/t14-/m0/s1. The molecule has 0 fully saturated rings. The summed E-state index contributed by atoms with van der Waals surface area (Å²) in [5.74, 6) is 0.232. The Morgan fingerprint density at radius 3 is 2.64 bits per heavy atom. The number of ether oxygens (including phenoxy) is 2. The van der Waals surface area contributed by atoms with Crippen LogP contribution in [0.15, 0.2) is 24.3 Å². The minimum Gasteiger partial charge on any atom is -0.497 e. The van der Waals surface area contributed by atoms with Crippen LogP contribution in [-0.2, 0) is 14.3 Å². The summed E-state index contributed by atoms with van der Waals surface area (Å²) in [6.07, 6.45) is 2.49. The predicted molar refractivity (Wildman–Crippen MR) is 96.9 cm³/mol. The lowest BCUT2D eigenvalue weighted by Crippen LogP contribution is -2.43. The lowest BCUT2D eigenvalue weighted by atomic mass is 10.2. The zero-order valence-electron chi connectivity index (χ0n) is 14.7. The van der Waals surface area contributed by atoms with E-state index in [2.05, 4.69) is 15.4 Å². The molecule has 0 aliphatic carbocycles. The average Bonchev–Trinajstić information content (AvgIpc) is 2.64. The molecule has 0 saturated carbocycles. The van der Waals surface area contributed by atoms with Crippen molar-refractivity contribution >= 4 is 29.5 Å². The van der Waals surface area contributed by atoms with Gasteiger partial charge in [-0.05, 0) is 36.6 Å². The van der Waals surface area contributed by atoms with Crippen molar-refractivity contribution in [1.82, 2.24) is 10.6 Å². The van der Waals surface area contributed by atoms with Gasteiger partial charge >= 0.3 is 5.97 Å². The third-order valence-electron chi connectivity index (χ3n) is 3.40. The minimum absolute atomic E-state index is 0.0719. The summed E-state index contributed by atoms with van der Waals surface area (Å²) in [6, 6.07) is 6.07. The molecule has 0 saturated heterocycles. The number of carbonyl (C=O) groups is 3. The van der Waals surface area contributed by atoms with Crippen molar-refractivity contribution in [3.63, 3.8) is 0 Å². The first kappa shape index (κ1) is 20.8. The van der Waals surface area contributed by atoms with Gasteiger partial charge in [-0.2, -0.15) is 11.8 Å². The fraction of sp³-hybridized carbons (Fsp3) is 0.471. The largest absolute Gasteiger partial charge is 0.497 e. The zero-order chi connectivity index (χ0) is 18.7. The summed E-state index contributed by atoms with van der Waals surface area (Å²) in [5, 5.41) is 5.30. The minimum atomic E-state index is -0.668. The van der Waals surface area contributed by atoms with Gasteiger partial charge in [0, 0.05) is 18.5 Å². The van der Waals surface area contributed by atoms with Gasteiger partial charge in [0.1, 0.15) is 11.8 Å². The van der Waals surface area contributed by atoms with Gasteiger partial charge in [0.15, 0.2) is 0 Å². The molecule has 0 heterocycles. The van der Waals surface area contributed by atoms with Gasteiger partial charge in [-0.15, -0.1) is 0 Å².